The molecule has 1 spiro atoms. The lowest BCUT2D eigenvalue weighted by Crippen LogP contribution is -2.47. The summed E-state index contributed by atoms with van der Waals surface area (Å²) in [6.45, 7) is 5.99. The molecule has 1 aromatic rings. The van der Waals surface area contributed by atoms with Crippen molar-refractivity contribution in [3.63, 3.8) is 0 Å². The molecule has 2 unspecified atom stereocenters. The molecule has 0 aromatic heterocycles. The second-order valence-electron chi connectivity index (χ2n) is 9.00. The molecule has 1 N–H and O–H groups in total. The van der Waals surface area contributed by atoms with Crippen LogP contribution in [0.2, 0.25) is 0 Å². The van der Waals surface area contributed by atoms with Crippen LogP contribution in [-0.2, 0) is 19.1 Å². The summed E-state index contributed by atoms with van der Waals surface area (Å²) in [4.78, 5) is 42.0. The van der Waals surface area contributed by atoms with Gasteiger partial charge in [-0.05, 0) is 23.6 Å². The van der Waals surface area contributed by atoms with Crippen LogP contribution in [0.1, 0.15) is 31.7 Å². The Bertz CT molecular complexity index is 925. The third kappa shape index (κ3) is 2.87. The lowest BCUT2D eigenvalue weighted by atomic mass is 9.76. The van der Waals surface area contributed by atoms with E-state index in [1.165, 1.54) is 5.56 Å². The first-order valence-corrected chi connectivity index (χ1v) is 10.7. The van der Waals surface area contributed by atoms with Gasteiger partial charge in [0.25, 0.3) is 0 Å². The molecule has 4 atom stereocenters. The number of hydrogen-bond donors (Lipinski definition) is 1. The van der Waals surface area contributed by atoms with E-state index < -0.39 is 17.4 Å². The van der Waals surface area contributed by atoms with Crippen LogP contribution < -0.4 is 10.2 Å². The van der Waals surface area contributed by atoms with Crippen LogP contribution >= 0.6 is 0 Å². The summed E-state index contributed by atoms with van der Waals surface area (Å²) >= 11 is 0. The highest BCUT2D eigenvalue weighted by atomic mass is 16.5. The van der Waals surface area contributed by atoms with E-state index >= 15 is 0 Å². The molecule has 0 saturated carbocycles. The highest BCUT2D eigenvalue weighted by Crippen LogP contribution is 2.53. The Morgan fingerprint density at radius 3 is 2.70 bits per heavy atom. The number of anilines is 1. The van der Waals surface area contributed by atoms with Crippen molar-refractivity contribution in [2.24, 2.45) is 11.8 Å². The SMILES string of the molecule is CC(C)c1ccc(N2C[C@]34C=C[C@H](O3)C(C(=O)N3CCNC(=O)CC3)C4C2=O)cc1. The molecule has 4 heterocycles. The molecular weight excluding hydrogens is 382 g/mol. The van der Waals surface area contributed by atoms with Crippen LogP contribution in [0.5, 0.6) is 0 Å². The summed E-state index contributed by atoms with van der Waals surface area (Å²) in [5.41, 5.74) is 1.32. The van der Waals surface area contributed by atoms with Gasteiger partial charge in [0.1, 0.15) is 5.60 Å². The monoisotopic (exact) mass is 409 g/mol. The van der Waals surface area contributed by atoms with Gasteiger partial charge in [-0.3, -0.25) is 14.4 Å². The van der Waals surface area contributed by atoms with Gasteiger partial charge in [-0.1, -0.05) is 38.1 Å². The van der Waals surface area contributed by atoms with Crippen molar-refractivity contribution < 1.29 is 19.1 Å². The standard InChI is InChI=1S/C23H27N3O4/c1-14(2)15-3-5-16(6-4-15)26-13-23-9-7-17(30-23)19(20(23)22(26)29)21(28)25-11-8-18(27)24-10-12-25/h3-7,9,14,17,19-20H,8,10-13H2,1-2H3,(H,24,27)/t17-,19?,20?,23-/m0/s1. The third-order valence-electron chi connectivity index (χ3n) is 6.88. The molecule has 7 heteroatoms. The quantitative estimate of drug-likeness (QED) is 0.767. The Morgan fingerprint density at radius 2 is 1.97 bits per heavy atom. The lowest BCUT2D eigenvalue weighted by Gasteiger charge is -2.29. The van der Waals surface area contributed by atoms with Crippen molar-refractivity contribution in [2.45, 2.75) is 37.9 Å². The van der Waals surface area contributed by atoms with Crippen LogP contribution in [0.4, 0.5) is 5.69 Å². The van der Waals surface area contributed by atoms with Crippen molar-refractivity contribution in [1.82, 2.24) is 10.2 Å². The fourth-order valence-electron chi connectivity index (χ4n) is 5.24. The van der Waals surface area contributed by atoms with Crippen LogP contribution in [0, 0.1) is 11.8 Å². The van der Waals surface area contributed by atoms with E-state index in [1.807, 2.05) is 24.3 Å². The molecule has 3 fully saturated rings. The number of ether oxygens (including phenoxy) is 1. The van der Waals surface area contributed by atoms with E-state index in [1.54, 1.807) is 9.80 Å². The van der Waals surface area contributed by atoms with Crippen LogP contribution in [-0.4, -0.2) is 60.5 Å². The largest absolute Gasteiger partial charge is 0.360 e. The van der Waals surface area contributed by atoms with Gasteiger partial charge in [-0.2, -0.15) is 0 Å². The number of benzene rings is 1. The summed E-state index contributed by atoms with van der Waals surface area (Å²) in [5, 5.41) is 2.80. The van der Waals surface area contributed by atoms with Gasteiger partial charge in [0.15, 0.2) is 0 Å². The zero-order valence-corrected chi connectivity index (χ0v) is 17.3. The van der Waals surface area contributed by atoms with Gasteiger partial charge in [0, 0.05) is 31.7 Å². The van der Waals surface area contributed by atoms with Gasteiger partial charge < -0.3 is 19.9 Å². The Balaban J connectivity index is 1.41. The number of carbonyl (C=O) groups is 3. The number of hydrogen-bond acceptors (Lipinski definition) is 4. The van der Waals surface area contributed by atoms with E-state index in [0.29, 0.717) is 32.1 Å². The van der Waals surface area contributed by atoms with Gasteiger partial charge in [-0.15, -0.1) is 0 Å². The number of nitrogens with zero attached hydrogens (tertiary/aromatic N) is 2. The minimum absolute atomic E-state index is 0.0428. The molecule has 5 rings (SSSR count). The number of fused-ring (bicyclic) bond motifs is 1. The first kappa shape index (κ1) is 19.3. The fraction of sp³-hybridized carbons (Fsp3) is 0.522. The molecule has 3 saturated heterocycles. The van der Waals surface area contributed by atoms with E-state index in [4.69, 9.17) is 4.74 Å². The first-order valence-electron chi connectivity index (χ1n) is 10.7. The maximum absolute atomic E-state index is 13.5. The predicted molar refractivity (Wildman–Crippen MR) is 111 cm³/mol. The van der Waals surface area contributed by atoms with Crippen molar-refractivity contribution in [3.05, 3.63) is 42.0 Å². The fourth-order valence-corrected chi connectivity index (χ4v) is 5.24. The van der Waals surface area contributed by atoms with Crippen molar-refractivity contribution >= 4 is 23.4 Å². The normalized spacial score (nSPS) is 32.6. The highest BCUT2D eigenvalue weighted by Gasteiger charge is 2.67. The molecule has 7 nitrogen and oxygen atoms in total. The Kier molecular flexibility index (Phi) is 4.47. The zero-order chi connectivity index (χ0) is 21.0. The van der Waals surface area contributed by atoms with Gasteiger partial charge in [0.05, 0.1) is 24.5 Å². The second kappa shape index (κ2) is 6.94. The van der Waals surface area contributed by atoms with Crippen LogP contribution in [0.25, 0.3) is 0 Å². The molecule has 4 aliphatic rings. The Morgan fingerprint density at radius 1 is 1.20 bits per heavy atom. The number of nitrogens with one attached hydrogen (secondary N) is 1. The zero-order valence-electron chi connectivity index (χ0n) is 17.3. The van der Waals surface area contributed by atoms with Crippen molar-refractivity contribution in [2.75, 3.05) is 31.1 Å². The summed E-state index contributed by atoms with van der Waals surface area (Å²) in [6.07, 6.45) is 3.82. The van der Waals surface area contributed by atoms with Gasteiger partial charge in [0.2, 0.25) is 17.7 Å². The van der Waals surface area contributed by atoms with E-state index in [0.717, 1.165) is 5.69 Å². The number of amides is 3. The summed E-state index contributed by atoms with van der Waals surface area (Å²) in [6, 6.07) is 8.06. The average molecular weight is 409 g/mol. The third-order valence-corrected chi connectivity index (χ3v) is 6.88. The van der Waals surface area contributed by atoms with Crippen LogP contribution in [0.3, 0.4) is 0 Å². The molecule has 3 amide bonds. The molecule has 4 aliphatic heterocycles. The highest BCUT2D eigenvalue weighted by molar-refractivity contribution is 6.03. The Labute approximate surface area is 176 Å². The minimum atomic E-state index is -0.737. The number of carbonyl (C=O) groups excluding carboxylic acids is 3. The van der Waals surface area contributed by atoms with E-state index in [2.05, 4.69) is 31.3 Å². The minimum Gasteiger partial charge on any atom is -0.360 e. The van der Waals surface area contributed by atoms with E-state index in [-0.39, 0.29) is 30.2 Å². The maximum atomic E-state index is 13.5. The molecule has 1 aromatic carbocycles. The summed E-state index contributed by atoms with van der Waals surface area (Å²) < 4.78 is 6.24. The molecule has 30 heavy (non-hydrogen) atoms. The van der Waals surface area contributed by atoms with Crippen molar-refractivity contribution in [1.29, 1.82) is 0 Å². The topological polar surface area (TPSA) is 79.0 Å². The average Bonchev–Trinajstić information content (AvgIpc) is 3.32. The Hall–Kier alpha value is -2.67. The van der Waals surface area contributed by atoms with Gasteiger partial charge >= 0.3 is 0 Å². The predicted octanol–water partition coefficient (Wildman–Crippen LogP) is 1.44. The van der Waals surface area contributed by atoms with Gasteiger partial charge in [-0.25, -0.2) is 0 Å². The molecule has 2 bridgehead atoms. The molecular formula is C23H27N3O4. The van der Waals surface area contributed by atoms with E-state index in [9.17, 15) is 14.4 Å². The second-order valence-corrected chi connectivity index (χ2v) is 9.00. The summed E-state index contributed by atoms with van der Waals surface area (Å²) in [7, 11) is 0. The first-order chi connectivity index (χ1) is 14.4. The summed E-state index contributed by atoms with van der Waals surface area (Å²) in [5.74, 6) is -0.809. The molecule has 0 aliphatic carbocycles. The van der Waals surface area contributed by atoms with Crippen LogP contribution in [0.15, 0.2) is 36.4 Å². The molecule has 0 radical (unpaired) electrons. The maximum Gasteiger partial charge on any atom is 0.234 e. The van der Waals surface area contributed by atoms with Crippen molar-refractivity contribution in [3.8, 4) is 0 Å². The smallest absolute Gasteiger partial charge is 0.234 e. The lowest BCUT2D eigenvalue weighted by molar-refractivity contribution is -0.140. The molecule has 158 valence electrons. The number of rotatable bonds is 3.